The fourth-order valence-corrected chi connectivity index (χ4v) is 1.73. The first-order valence-electron chi connectivity index (χ1n) is 5.43. The Morgan fingerprint density at radius 1 is 1.06 bits per heavy atom. The van der Waals surface area contributed by atoms with E-state index in [9.17, 15) is 13.2 Å². The van der Waals surface area contributed by atoms with E-state index < -0.39 is 12.5 Å². The van der Waals surface area contributed by atoms with E-state index in [1.807, 2.05) is 30.3 Å². The number of halogens is 3. The highest BCUT2D eigenvalue weighted by Crippen LogP contribution is 2.32. The zero-order chi connectivity index (χ0) is 12.3. The monoisotopic (exact) mass is 246 g/mol. The van der Waals surface area contributed by atoms with Gasteiger partial charge in [-0.3, -0.25) is 4.74 Å². The minimum atomic E-state index is -4.53. The third-order valence-corrected chi connectivity index (χ3v) is 2.68. The molecule has 17 heavy (non-hydrogen) atoms. The van der Waals surface area contributed by atoms with Gasteiger partial charge in [0.05, 0.1) is 18.8 Å². The average Bonchev–Trinajstić information content (AvgIpc) is 2.21. The van der Waals surface area contributed by atoms with Crippen molar-refractivity contribution in [2.45, 2.75) is 38.0 Å². The molecule has 5 heteroatoms. The molecular weight excluding hydrogens is 233 g/mol. The highest BCUT2D eigenvalue weighted by Gasteiger charge is 2.40. The Labute approximate surface area is 97.3 Å². The first-order chi connectivity index (χ1) is 8.03. The van der Waals surface area contributed by atoms with Crippen molar-refractivity contribution in [1.29, 1.82) is 0 Å². The first-order valence-corrected chi connectivity index (χ1v) is 5.43. The summed E-state index contributed by atoms with van der Waals surface area (Å²) >= 11 is 0. The van der Waals surface area contributed by atoms with Crippen LogP contribution in [0.5, 0.6) is 0 Å². The third kappa shape index (κ3) is 4.02. The molecule has 0 aromatic heterocycles. The molecule has 0 amide bonds. The largest absolute Gasteiger partial charge is 0.522 e. The SMILES string of the molecule is FC(F)(F)O[C@H]1C[C@H](OCc2ccccc2)C1. The summed E-state index contributed by atoms with van der Waals surface area (Å²) in [5, 5.41) is 0. The predicted octanol–water partition coefficient (Wildman–Crippen LogP) is 3.27. The van der Waals surface area contributed by atoms with Gasteiger partial charge in [-0.1, -0.05) is 30.3 Å². The van der Waals surface area contributed by atoms with Crippen LogP contribution in [0, 0.1) is 0 Å². The van der Waals surface area contributed by atoms with E-state index in [1.165, 1.54) is 0 Å². The van der Waals surface area contributed by atoms with E-state index in [1.54, 1.807) is 0 Å². The van der Waals surface area contributed by atoms with Crippen molar-refractivity contribution in [3.8, 4) is 0 Å². The van der Waals surface area contributed by atoms with Crippen LogP contribution in [0.3, 0.4) is 0 Å². The van der Waals surface area contributed by atoms with Gasteiger partial charge in [-0.2, -0.15) is 0 Å². The summed E-state index contributed by atoms with van der Waals surface area (Å²) in [5.74, 6) is 0. The molecule has 1 aliphatic carbocycles. The molecule has 1 aliphatic rings. The van der Waals surface area contributed by atoms with Gasteiger partial charge in [0.2, 0.25) is 0 Å². The summed E-state index contributed by atoms with van der Waals surface area (Å²) in [6, 6.07) is 9.54. The van der Waals surface area contributed by atoms with E-state index in [0.717, 1.165) is 5.56 Å². The van der Waals surface area contributed by atoms with Gasteiger partial charge in [-0.05, 0) is 5.56 Å². The van der Waals surface area contributed by atoms with Crippen molar-refractivity contribution in [2.24, 2.45) is 0 Å². The summed E-state index contributed by atoms with van der Waals surface area (Å²) in [4.78, 5) is 0. The lowest BCUT2D eigenvalue weighted by molar-refractivity contribution is -0.357. The Morgan fingerprint density at radius 2 is 1.71 bits per heavy atom. The lowest BCUT2D eigenvalue weighted by atomic mass is 9.92. The molecule has 0 aliphatic heterocycles. The normalized spacial score (nSPS) is 24.4. The molecule has 0 N–H and O–H groups in total. The Morgan fingerprint density at radius 3 is 2.29 bits per heavy atom. The van der Waals surface area contributed by atoms with E-state index in [-0.39, 0.29) is 6.10 Å². The maximum Gasteiger partial charge on any atom is 0.522 e. The minimum absolute atomic E-state index is 0.123. The second kappa shape index (κ2) is 5.06. The number of hydrogen-bond acceptors (Lipinski definition) is 2. The van der Waals surface area contributed by atoms with Crippen LogP contribution in [-0.4, -0.2) is 18.6 Å². The molecule has 0 heterocycles. The number of rotatable bonds is 4. The van der Waals surface area contributed by atoms with Crippen LogP contribution in [0.15, 0.2) is 30.3 Å². The summed E-state index contributed by atoms with van der Waals surface area (Å²) in [6.07, 6.45) is -4.77. The van der Waals surface area contributed by atoms with Gasteiger partial charge in [-0.25, -0.2) is 0 Å². The minimum Gasteiger partial charge on any atom is -0.373 e. The molecule has 0 radical (unpaired) electrons. The topological polar surface area (TPSA) is 18.5 Å². The molecule has 0 saturated heterocycles. The van der Waals surface area contributed by atoms with Gasteiger partial charge in [0.1, 0.15) is 0 Å². The van der Waals surface area contributed by atoms with Gasteiger partial charge >= 0.3 is 6.36 Å². The van der Waals surface area contributed by atoms with Crippen molar-refractivity contribution in [3.63, 3.8) is 0 Å². The van der Waals surface area contributed by atoms with Crippen LogP contribution in [0.2, 0.25) is 0 Å². The maximum absolute atomic E-state index is 11.8. The fraction of sp³-hybridized carbons (Fsp3) is 0.500. The average molecular weight is 246 g/mol. The van der Waals surface area contributed by atoms with Crippen LogP contribution in [0.1, 0.15) is 18.4 Å². The number of hydrogen-bond donors (Lipinski definition) is 0. The highest BCUT2D eigenvalue weighted by atomic mass is 19.4. The van der Waals surface area contributed by atoms with Crippen LogP contribution in [-0.2, 0) is 16.1 Å². The molecule has 1 aromatic rings. The molecule has 1 fully saturated rings. The van der Waals surface area contributed by atoms with Crippen LogP contribution >= 0.6 is 0 Å². The molecule has 1 saturated carbocycles. The number of alkyl halides is 3. The van der Waals surface area contributed by atoms with Crippen molar-refractivity contribution in [2.75, 3.05) is 0 Å². The Hall–Kier alpha value is -1.07. The quantitative estimate of drug-likeness (QED) is 0.811. The van der Waals surface area contributed by atoms with Gasteiger partial charge in [-0.15, -0.1) is 13.2 Å². The van der Waals surface area contributed by atoms with Crippen LogP contribution in [0.4, 0.5) is 13.2 Å². The smallest absolute Gasteiger partial charge is 0.373 e. The van der Waals surface area contributed by atoms with E-state index in [4.69, 9.17) is 4.74 Å². The third-order valence-electron chi connectivity index (χ3n) is 2.68. The fourth-order valence-electron chi connectivity index (χ4n) is 1.73. The summed E-state index contributed by atoms with van der Waals surface area (Å²) in [5.41, 5.74) is 1.02. The van der Waals surface area contributed by atoms with E-state index >= 15 is 0 Å². The lowest BCUT2D eigenvalue weighted by Crippen LogP contribution is -2.40. The molecular formula is C12H13F3O2. The second-order valence-corrected chi connectivity index (χ2v) is 4.08. The Kier molecular flexibility index (Phi) is 3.69. The molecule has 0 bridgehead atoms. The summed E-state index contributed by atoms with van der Waals surface area (Å²) in [7, 11) is 0. The van der Waals surface area contributed by atoms with Gasteiger partial charge in [0.15, 0.2) is 0 Å². The molecule has 0 unspecified atom stereocenters. The molecule has 0 atom stereocenters. The van der Waals surface area contributed by atoms with E-state index in [2.05, 4.69) is 4.74 Å². The van der Waals surface area contributed by atoms with Crippen molar-refractivity contribution >= 4 is 0 Å². The molecule has 1 aromatic carbocycles. The van der Waals surface area contributed by atoms with Crippen molar-refractivity contribution in [3.05, 3.63) is 35.9 Å². The standard InChI is InChI=1S/C12H13F3O2/c13-12(14,15)17-11-6-10(7-11)16-8-9-4-2-1-3-5-9/h1-5,10-11H,6-8H2/t10-,11-. The lowest BCUT2D eigenvalue weighted by Gasteiger charge is -2.35. The highest BCUT2D eigenvalue weighted by molar-refractivity contribution is 5.13. The van der Waals surface area contributed by atoms with E-state index in [0.29, 0.717) is 19.4 Å². The Balaban J connectivity index is 1.65. The van der Waals surface area contributed by atoms with Crippen molar-refractivity contribution < 1.29 is 22.6 Å². The first kappa shape index (κ1) is 12.4. The second-order valence-electron chi connectivity index (χ2n) is 4.08. The molecule has 94 valence electrons. The molecule has 2 nitrogen and oxygen atoms in total. The Bertz CT molecular complexity index is 345. The summed E-state index contributed by atoms with van der Waals surface area (Å²) in [6.45, 7) is 0.435. The van der Waals surface area contributed by atoms with Crippen molar-refractivity contribution in [1.82, 2.24) is 0 Å². The number of benzene rings is 1. The maximum atomic E-state index is 11.8. The van der Waals surface area contributed by atoms with Crippen LogP contribution < -0.4 is 0 Å². The predicted molar refractivity (Wildman–Crippen MR) is 55.2 cm³/mol. The molecule has 0 spiro atoms. The van der Waals surface area contributed by atoms with Gasteiger partial charge in [0.25, 0.3) is 0 Å². The zero-order valence-corrected chi connectivity index (χ0v) is 9.11. The van der Waals surface area contributed by atoms with Gasteiger partial charge in [0, 0.05) is 12.8 Å². The molecule has 2 rings (SSSR count). The summed E-state index contributed by atoms with van der Waals surface area (Å²) < 4.78 is 44.9. The van der Waals surface area contributed by atoms with Gasteiger partial charge < -0.3 is 4.74 Å². The van der Waals surface area contributed by atoms with Crippen LogP contribution in [0.25, 0.3) is 0 Å². The number of ether oxygens (including phenoxy) is 2. The zero-order valence-electron chi connectivity index (χ0n) is 9.11.